The largest absolute Gasteiger partial charge is 0.268 e. The van der Waals surface area contributed by atoms with Crippen molar-refractivity contribution in [2.24, 2.45) is 0 Å². The first-order valence-corrected chi connectivity index (χ1v) is 7.58. The minimum absolute atomic E-state index is 0.0127. The van der Waals surface area contributed by atoms with Crippen molar-refractivity contribution in [3.8, 4) is 16.9 Å². The number of hydrogen-bond acceptors (Lipinski definition) is 1. The molecule has 0 saturated heterocycles. The molecular formula is C19H20N2O. The van der Waals surface area contributed by atoms with Crippen LogP contribution in [-0.4, -0.2) is 9.78 Å². The van der Waals surface area contributed by atoms with Gasteiger partial charge in [0.05, 0.1) is 11.4 Å². The number of aromatic amines is 1. The number of aryl methyl sites for hydroxylation is 2. The van der Waals surface area contributed by atoms with Crippen LogP contribution in [0.3, 0.4) is 0 Å². The molecule has 0 saturated carbocycles. The third-order valence-corrected chi connectivity index (χ3v) is 4.04. The number of nitrogens with zero attached hydrogens (tertiary/aromatic N) is 1. The second-order valence-corrected chi connectivity index (χ2v) is 5.61. The van der Waals surface area contributed by atoms with Gasteiger partial charge in [-0.1, -0.05) is 48.9 Å². The Kier molecular flexibility index (Phi) is 3.72. The highest BCUT2D eigenvalue weighted by Gasteiger charge is 2.17. The summed E-state index contributed by atoms with van der Waals surface area (Å²) in [6.07, 6.45) is 0.706. The molecule has 0 fully saturated rings. The number of H-pyrrole nitrogens is 1. The van der Waals surface area contributed by atoms with Crippen LogP contribution in [0, 0.1) is 13.8 Å². The van der Waals surface area contributed by atoms with Gasteiger partial charge in [-0.15, -0.1) is 0 Å². The second kappa shape index (κ2) is 5.68. The summed E-state index contributed by atoms with van der Waals surface area (Å²) in [5, 5.41) is 2.99. The molecule has 0 bridgehead atoms. The van der Waals surface area contributed by atoms with E-state index in [1.165, 1.54) is 5.56 Å². The van der Waals surface area contributed by atoms with Gasteiger partial charge in [0.25, 0.3) is 5.56 Å². The van der Waals surface area contributed by atoms with Crippen LogP contribution in [0.15, 0.2) is 53.3 Å². The third kappa shape index (κ3) is 2.39. The van der Waals surface area contributed by atoms with Gasteiger partial charge in [-0.3, -0.25) is 14.6 Å². The summed E-state index contributed by atoms with van der Waals surface area (Å²) in [6, 6.07) is 16.4. The van der Waals surface area contributed by atoms with Gasteiger partial charge in [0.2, 0.25) is 0 Å². The molecule has 1 N–H and O–H groups in total. The first-order valence-electron chi connectivity index (χ1n) is 7.58. The summed E-state index contributed by atoms with van der Waals surface area (Å²) in [6.45, 7) is 6.15. The highest BCUT2D eigenvalue weighted by Crippen LogP contribution is 2.27. The van der Waals surface area contributed by atoms with E-state index in [-0.39, 0.29) is 5.56 Å². The van der Waals surface area contributed by atoms with Crippen LogP contribution in [0.5, 0.6) is 0 Å². The molecule has 1 heterocycles. The van der Waals surface area contributed by atoms with Crippen LogP contribution in [0.1, 0.15) is 23.6 Å². The Labute approximate surface area is 130 Å². The lowest BCUT2D eigenvalue weighted by Crippen LogP contribution is -2.06. The van der Waals surface area contributed by atoms with E-state index in [0.29, 0.717) is 6.42 Å². The van der Waals surface area contributed by atoms with E-state index < -0.39 is 0 Å². The molecule has 0 aliphatic heterocycles. The summed E-state index contributed by atoms with van der Waals surface area (Å²) in [5.74, 6) is 0. The minimum atomic E-state index is -0.0127. The lowest BCUT2D eigenvalue weighted by molar-refractivity contribution is 0.870. The van der Waals surface area contributed by atoms with E-state index >= 15 is 0 Å². The predicted octanol–water partition coefficient (Wildman–Crippen LogP) is 4.01. The summed E-state index contributed by atoms with van der Waals surface area (Å²) in [5.41, 5.74) is 6.22. The van der Waals surface area contributed by atoms with Gasteiger partial charge in [0.15, 0.2) is 0 Å². The van der Waals surface area contributed by atoms with Crippen molar-refractivity contribution in [2.45, 2.75) is 27.2 Å². The fourth-order valence-corrected chi connectivity index (χ4v) is 2.80. The summed E-state index contributed by atoms with van der Waals surface area (Å²) < 4.78 is 1.91. The van der Waals surface area contributed by atoms with E-state index in [9.17, 15) is 4.79 Å². The molecule has 1 aromatic heterocycles. The Hall–Kier alpha value is -2.55. The van der Waals surface area contributed by atoms with Crippen molar-refractivity contribution < 1.29 is 0 Å². The quantitative estimate of drug-likeness (QED) is 0.778. The van der Waals surface area contributed by atoms with E-state index in [4.69, 9.17) is 0 Å². The van der Waals surface area contributed by atoms with Crippen molar-refractivity contribution >= 4 is 0 Å². The summed E-state index contributed by atoms with van der Waals surface area (Å²) in [7, 11) is 0. The zero-order chi connectivity index (χ0) is 15.7. The molecular weight excluding hydrogens is 272 g/mol. The van der Waals surface area contributed by atoms with Crippen LogP contribution in [0.2, 0.25) is 0 Å². The van der Waals surface area contributed by atoms with Crippen molar-refractivity contribution in [2.75, 3.05) is 0 Å². The molecule has 0 amide bonds. The van der Waals surface area contributed by atoms with Crippen LogP contribution < -0.4 is 5.56 Å². The molecule has 3 heteroatoms. The van der Waals surface area contributed by atoms with E-state index in [1.807, 2.05) is 35.9 Å². The number of rotatable bonds is 3. The molecule has 0 radical (unpaired) electrons. The van der Waals surface area contributed by atoms with E-state index in [0.717, 1.165) is 28.1 Å². The second-order valence-electron chi connectivity index (χ2n) is 5.61. The molecule has 3 aromatic rings. The molecule has 112 valence electrons. The minimum Gasteiger partial charge on any atom is -0.268 e. The monoisotopic (exact) mass is 292 g/mol. The van der Waals surface area contributed by atoms with Gasteiger partial charge in [-0.2, -0.15) is 0 Å². The SMILES string of the molecule is CCc1c(-c2ccccc2C)n(-c2ccc(C)cc2)[nH]c1=O. The zero-order valence-electron chi connectivity index (χ0n) is 13.2. The van der Waals surface area contributed by atoms with E-state index in [1.54, 1.807) is 0 Å². The molecule has 0 atom stereocenters. The number of aromatic nitrogens is 2. The zero-order valence-corrected chi connectivity index (χ0v) is 13.2. The maximum absolute atomic E-state index is 12.3. The predicted molar refractivity (Wildman–Crippen MR) is 90.7 cm³/mol. The first-order chi connectivity index (χ1) is 10.6. The highest BCUT2D eigenvalue weighted by atomic mass is 16.1. The van der Waals surface area contributed by atoms with Gasteiger partial charge in [-0.05, 0) is 38.0 Å². The fourth-order valence-electron chi connectivity index (χ4n) is 2.80. The molecule has 2 aromatic carbocycles. The van der Waals surface area contributed by atoms with Crippen LogP contribution in [-0.2, 0) is 6.42 Å². The molecule has 3 rings (SSSR count). The summed E-state index contributed by atoms with van der Waals surface area (Å²) in [4.78, 5) is 12.3. The average molecular weight is 292 g/mol. The molecule has 22 heavy (non-hydrogen) atoms. The Bertz CT molecular complexity index is 854. The number of hydrogen-bond donors (Lipinski definition) is 1. The topological polar surface area (TPSA) is 37.8 Å². The molecule has 0 spiro atoms. The third-order valence-electron chi connectivity index (χ3n) is 4.04. The Morgan fingerprint density at radius 2 is 1.68 bits per heavy atom. The maximum Gasteiger partial charge on any atom is 0.268 e. The highest BCUT2D eigenvalue weighted by molar-refractivity contribution is 5.69. The Morgan fingerprint density at radius 1 is 1.00 bits per heavy atom. The average Bonchev–Trinajstić information content (AvgIpc) is 2.85. The molecule has 0 aliphatic rings. The van der Waals surface area contributed by atoms with Crippen molar-refractivity contribution in [3.63, 3.8) is 0 Å². The first kappa shape index (κ1) is 14.4. The van der Waals surface area contributed by atoms with Gasteiger partial charge >= 0.3 is 0 Å². The van der Waals surface area contributed by atoms with Gasteiger partial charge in [-0.25, -0.2) is 0 Å². The molecule has 0 unspecified atom stereocenters. The maximum atomic E-state index is 12.3. The van der Waals surface area contributed by atoms with Crippen LogP contribution in [0.25, 0.3) is 16.9 Å². The van der Waals surface area contributed by atoms with Crippen molar-refractivity contribution in [1.82, 2.24) is 9.78 Å². The smallest absolute Gasteiger partial charge is 0.268 e. The fraction of sp³-hybridized carbons (Fsp3) is 0.211. The Balaban J connectivity index is 2.30. The van der Waals surface area contributed by atoms with Gasteiger partial charge in [0, 0.05) is 11.1 Å². The van der Waals surface area contributed by atoms with E-state index in [2.05, 4.69) is 43.2 Å². The number of nitrogens with one attached hydrogen (secondary N) is 1. The normalized spacial score (nSPS) is 10.9. The van der Waals surface area contributed by atoms with Crippen molar-refractivity contribution in [1.29, 1.82) is 0 Å². The summed E-state index contributed by atoms with van der Waals surface area (Å²) >= 11 is 0. The van der Waals surface area contributed by atoms with Crippen LogP contribution >= 0.6 is 0 Å². The Morgan fingerprint density at radius 3 is 2.32 bits per heavy atom. The number of benzene rings is 2. The van der Waals surface area contributed by atoms with Crippen molar-refractivity contribution in [3.05, 3.63) is 75.6 Å². The molecule has 0 aliphatic carbocycles. The van der Waals surface area contributed by atoms with Crippen LogP contribution in [0.4, 0.5) is 0 Å². The van der Waals surface area contributed by atoms with Gasteiger partial charge < -0.3 is 0 Å². The lowest BCUT2D eigenvalue weighted by Gasteiger charge is -2.12. The van der Waals surface area contributed by atoms with Gasteiger partial charge in [0.1, 0.15) is 0 Å². The lowest BCUT2D eigenvalue weighted by atomic mass is 10.0. The molecule has 3 nitrogen and oxygen atoms in total. The standard InChI is InChI=1S/C19H20N2O/c1-4-16-18(17-8-6-5-7-14(17)3)21(20-19(16)22)15-11-9-13(2)10-12-15/h5-12H,4H2,1-3H3,(H,20,22).